The van der Waals surface area contributed by atoms with E-state index in [2.05, 4.69) is 76.5 Å². The van der Waals surface area contributed by atoms with Gasteiger partial charge in [-0.05, 0) is 28.3 Å². The zero-order chi connectivity index (χ0) is 21.0. The Morgan fingerprint density at radius 3 is 2.42 bits per heavy atom. The summed E-state index contributed by atoms with van der Waals surface area (Å²) in [5, 5.41) is 0. The number of halogens is 1. The average molecular weight is 431 g/mol. The van der Waals surface area contributed by atoms with Crippen molar-refractivity contribution in [3.63, 3.8) is 0 Å². The van der Waals surface area contributed by atoms with E-state index in [0.717, 1.165) is 48.9 Å². The van der Waals surface area contributed by atoms with Gasteiger partial charge < -0.3 is 0 Å². The first-order valence-corrected chi connectivity index (χ1v) is 11.9. The normalized spacial score (nSPS) is 19.7. The molecule has 1 saturated heterocycles. The van der Waals surface area contributed by atoms with E-state index in [4.69, 9.17) is 0 Å². The summed E-state index contributed by atoms with van der Waals surface area (Å²) in [6.45, 7) is 4.98. The van der Waals surface area contributed by atoms with Crippen molar-refractivity contribution < 1.29 is 4.39 Å². The number of nitrogens with zero attached hydrogens (tertiary/aromatic N) is 2. The maximum Gasteiger partial charge on any atom is 0.137 e. The number of benzene rings is 3. The summed E-state index contributed by atoms with van der Waals surface area (Å²) in [5.41, 5.74) is 5.01. The zero-order valence-corrected chi connectivity index (χ0v) is 18.4. The van der Waals surface area contributed by atoms with Crippen LogP contribution in [0.1, 0.15) is 28.3 Å². The standard InChI is InChI=1S/C27H27FN2S/c28-25-14-6-13-24-26(23-12-5-4-11-22(23)20-31-27(24)25)30-18-16-29(17-19-30)15-7-10-21-8-2-1-3-9-21/h1-14,26H,15-20H2/b10-7+. The first kappa shape index (κ1) is 20.5. The summed E-state index contributed by atoms with van der Waals surface area (Å²) >= 11 is 1.63. The number of piperazine rings is 1. The Morgan fingerprint density at radius 1 is 0.839 bits per heavy atom. The van der Waals surface area contributed by atoms with Gasteiger partial charge in [0, 0.05) is 43.4 Å². The Balaban J connectivity index is 1.33. The quantitative estimate of drug-likeness (QED) is 0.512. The van der Waals surface area contributed by atoms with Gasteiger partial charge in [0.25, 0.3) is 0 Å². The highest BCUT2D eigenvalue weighted by atomic mass is 32.2. The molecule has 2 aliphatic heterocycles. The van der Waals surface area contributed by atoms with Crippen LogP contribution in [0, 0.1) is 5.82 Å². The third-order valence-electron chi connectivity index (χ3n) is 6.26. The summed E-state index contributed by atoms with van der Waals surface area (Å²) in [6.07, 6.45) is 4.46. The number of hydrogen-bond acceptors (Lipinski definition) is 3. The van der Waals surface area contributed by atoms with Crippen molar-refractivity contribution in [3.05, 3.63) is 107 Å². The third-order valence-corrected chi connectivity index (χ3v) is 7.43. The molecule has 0 N–H and O–H groups in total. The average Bonchev–Trinajstić information content (AvgIpc) is 2.98. The topological polar surface area (TPSA) is 6.48 Å². The molecule has 0 amide bonds. The van der Waals surface area contributed by atoms with Gasteiger partial charge in [-0.2, -0.15) is 0 Å². The maximum absolute atomic E-state index is 14.7. The van der Waals surface area contributed by atoms with Gasteiger partial charge in [0.2, 0.25) is 0 Å². The predicted octanol–water partition coefficient (Wildman–Crippen LogP) is 5.85. The SMILES string of the molecule is Fc1cccc2c1SCc1ccccc1C2N1CCN(C/C=C/c2ccccc2)CC1. The molecule has 0 aliphatic carbocycles. The second-order valence-corrected chi connectivity index (χ2v) is 9.18. The molecule has 2 aliphatic rings. The second-order valence-electron chi connectivity index (χ2n) is 8.20. The monoisotopic (exact) mass is 430 g/mol. The smallest absolute Gasteiger partial charge is 0.137 e. The van der Waals surface area contributed by atoms with E-state index in [0.29, 0.717) is 0 Å². The Kier molecular flexibility index (Phi) is 6.21. The summed E-state index contributed by atoms with van der Waals surface area (Å²) < 4.78 is 14.7. The molecule has 5 rings (SSSR count). The van der Waals surface area contributed by atoms with Crippen LogP contribution in [0.2, 0.25) is 0 Å². The molecule has 2 nitrogen and oxygen atoms in total. The highest BCUT2D eigenvalue weighted by molar-refractivity contribution is 7.98. The molecule has 0 saturated carbocycles. The molecule has 3 aromatic carbocycles. The van der Waals surface area contributed by atoms with Crippen molar-refractivity contribution in [1.82, 2.24) is 9.80 Å². The Morgan fingerprint density at radius 2 is 1.58 bits per heavy atom. The van der Waals surface area contributed by atoms with Gasteiger partial charge >= 0.3 is 0 Å². The van der Waals surface area contributed by atoms with Crippen LogP contribution in [0.4, 0.5) is 4.39 Å². The minimum Gasteiger partial charge on any atom is -0.297 e. The van der Waals surface area contributed by atoms with E-state index >= 15 is 0 Å². The zero-order valence-electron chi connectivity index (χ0n) is 17.6. The Labute approximate surface area is 188 Å². The van der Waals surface area contributed by atoms with Crippen LogP contribution >= 0.6 is 11.8 Å². The van der Waals surface area contributed by atoms with Gasteiger partial charge in [-0.25, -0.2) is 4.39 Å². The van der Waals surface area contributed by atoms with E-state index < -0.39 is 0 Å². The summed E-state index contributed by atoms with van der Waals surface area (Å²) in [6, 6.07) is 24.8. The lowest BCUT2D eigenvalue weighted by Crippen LogP contribution is -2.47. The van der Waals surface area contributed by atoms with Crippen LogP contribution in [-0.2, 0) is 5.75 Å². The first-order chi connectivity index (χ1) is 15.3. The molecule has 0 aromatic heterocycles. The van der Waals surface area contributed by atoms with E-state index in [1.807, 2.05) is 12.1 Å². The predicted molar refractivity (Wildman–Crippen MR) is 128 cm³/mol. The van der Waals surface area contributed by atoms with Gasteiger partial charge in [-0.1, -0.05) is 78.9 Å². The lowest BCUT2D eigenvalue weighted by Gasteiger charge is -2.40. The molecule has 158 valence electrons. The molecule has 1 fully saturated rings. The molecular formula is C27H27FN2S. The number of thioether (sulfide) groups is 1. The molecule has 1 unspecified atom stereocenters. The number of rotatable bonds is 4. The van der Waals surface area contributed by atoms with Gasteiger partial charge in [0.15, 0.2) is 0 Å². The van der Waals surface area contributed by atoms with Gasteiger partial charge in [0.05, 0.1) is 6.04 Å². The minimum atomic E-state index is -0.0926. The van der Waals surface area contributed by atoms with Gasteiger partial charge in [0.1, 0.15) is 5.82 Å². The first-order valence-electron chi connectivity index (χ1n) is 11.0. The molecule has 4 heteroatoms. The van der Waals surface area contributed by atoms with Crippen LogP contribution in [0.25, 0.3) is 6.08 Å². The molecule has 0 spiro atoms. The van der Waals surface area contributed by atoms with Crippen molar-refractivity contribution in [2.45, 2.75) is 16.7 Å². The molecule has 2 heterocycles. The van der Waals surface area contributed by atoms with Crippen LogP contribution in [0.5, 0.6) is 0 Å². The van der Waals surface area contributed by atoms with Crippen LogP contribution < -0.4 is 0 Å². The summed E-state index contributed by atoms with van der Waals surface area (Å²) in [4.78, 5) is 5.86. The summed E-state index contributed by atoms with van der Waals surface area (Å²) in [5.74, 6) is 0.732. The maximum atomic E-state index is 14.7. The van der Waals surface area contributed by atoms with Crippen molar-refractivity contribution in [1.29, 1.82) is 0 Å². The fraction of sp³-hybridized carbons (Fsp3) is 0.259. The van der Waals surface area contributed by atoms with Crippen molar-refractivity contribution in [2.24, 2.45) is 0 Å². The minimum absolute atomic E-state index is 0.0926. The lowest BCUT2D eigenvalue weighted by atomic mass is 9.93. The Bertz CT molecular complexity index is 1060. The molecule has 0 bridgehead atoms. The second kappa shape index (κ2) is 9.39. The van der Waals surface area contributed by atoms with E-state index in [1.54, 1.807) is 17.8 Å². The van der Waals surface area contributed by atoms with Gasteiger partial charge in [-0.15, -0.1) is 11.8 Å². The van der Waals surface area contributed by atoms with E-state index in [1.165, 1.54) is 16.7 Å². The molecule has 1 atom stereocenters. The van der Waals surface area contributed by atoms with Crippen LogP contribution in [0.15, 0.2) is 83.8 Å². The fourth-order valence-electron chi connectivity index (χ4n) is 4.64. The number of hydrogen-bond donors (Lipinski definition) is 0. The lowest BCUT2D eigenvalue weighted by molar-refractivity contribution is 0.116. The Hall–Kier alpha value is -2.40. The third kappa shape index (κ3) is 4.47. The van der Waals surface area contributed by atoms with Crippen molar-refractivity contribution in [2.75, 3.05) is 32.7 Å². The molecule has 3 aromatic rings. The molecule has 31 heavy (non-hydrogen) atoms. The fourth-order valence-corrected chi connectivity index (χ4v) is 5.76. The van der Waals surface area contributed by atoms with Gasteiger partial charge in [-0.3, -0.25) is 9.80 Å². The largest absolute Gasteiger partial charge is 0.297 e. The van der Waals surface area contributed by atoms with Crippen LogP contribution in [0.3, 0.4) is 0 Å². The molecular weight excluding hydrogens is 403 g/mol. The van der Waals surface area contributed by atoms with Crippen molar-refractivity contribution >= 4 is 17.8 Å². The van der Waals surface area contributed by atoms with Crippen LogP contribution in [-0.4, -0.2) is 42.5 Å². The van der Waals surface area contributed by atoms with E-state index in [9.17, 15) is 4.39 Å². The number of fused-ring (bicyclic) bond motifs is 2. The molecule has 0 radical (unpaired) electrons. The highest BCUT2D eigenvalue weighted by Crippen LogP contribution is 2.43. The summed E-state index contributed by atoms with van der Waals surface area (Å²) in [7, 11) is 0. The van der Waals surface area contributed by atoms with Crippen molar-refractivity contribution in [3.8, 4) is 0 Å². The van der Waals surface area contributed by atoms with E-state index in [-0.39, 0.29) is 11.9 Å². The highest BCUT2D eigenvalue weighted by Gasteiger charge is 2.32.